The van der Waals surface area contributed by atoms with Crippen molar-refractivity contribution in [2.45, 2.75) is 34.1 Å². The number of carbonyl (C=O) groups is 2. The molecule has 6 nitrogen and oxygen atoms in total. The molecule has 0 atom stereocenters. The first-order chi connectivity index (χ1) is 8.62. The molecule has 0 rings (SSSR count). The van der Waals surface area contributed by atoms with Crippen LogP contribution in [0.1, 0.15) is 34.1 Å². The fraction of sp³-hybridized carbons (Fsp3) is 0.846. The van der Waals surface area contributed by atoms with Crippen molar-refractivity contribution < 1.29 is 19.8 Å². The van der Waals surface area contributed by atoms with Crippen LogP contribution in [0.4, 0.5) is 0 Å². The highest BCUT2D eigenvalue weighted by molar-refractivity contribution is 5.77. The summed E-state index contributed by atoms with van der Waals surface area (Å²) in [6.07, 6.45) is 0.775. The predicted octanol–water partition coefficient (Wildman–Crippen LogP) is -0.354. The number of aliphatic hydroxyl groups excluding tert-OH is 2. The molecule has 0 spiro atoms. The molecule has 19 heavy (non-hydrogen) atoms. The normalized spacial score (nSPS) is 12.1. The standard InChI is InChI=1S/C13H26N2O4/c1-12(2,8-14-10(18)5-16)7-13(3,4)9-15-11(19)6-17/h16-17H,5-9H2,1-4H3,(H,14,18)(H,15,19). The van der Waals surface area contributed by atoms with Crippen molar-refractivity contribution in [3.63, 3.8) is 0 Å². The minimum Gasteiger partial charge on any atom is -0.387 e. The van der Waals surface area contributed by atoms with Crippen molar-refractivity contribution in [2.24, 2.45) is 10.8 Å². The van der Waals surface area contributed by atoms with E-state index in [1.165, 1.54) is 0 Å². The van der Waals surface area contributed by atoms with Crippen LogP contribution in [0.25, 0.3) is 0 Å². The summed E-state index contributed by atoms with van der Waals surface area (Å²) in [7, 11) is 0. The molecule has 0 aliphatic heterocycles. The Balaban J connectivity index is 4.28. The quantitative estimate of drug-likeness (QED) is 0.486. The zero-order valence-corrected chi connectivity index (χ0v) is 12.2. The number of aliphatic hydroxyl groups is 2. The smallest absolute Gasteiger partial charge is 0.245 e. The number of nitrogens with one attached hydrogen (secondary N) is 2. The molecule has 0 saturated carbocycles. The van der Waals surface area contributed by atoms with Gasteiger partial charge >= 0.3 is 0 Å². The predicted molar refractivity (Wildman–Crippen MR) is 72.4 cm³/mol. The van der Waals surface area contributed by atoms with Crippen LogP contribution < -0.4 is 10.6 Å². The average Bonchev–Trinajstić information content (AvgIpc) is 2.31. The largest absolute Gasteiger partial charge is 0.387 e. The van der Waals surface area contributed by atoms with Gasteiger partial charge in [-0.05, 0) is 17.3 Å². The van der Waals surface area contributed by atoms with Gasteiger partial charge in [-0.25, -0.2) is 0 Å². The van der Waals surface area contributed by atoms with Crippen LogP contribution in [-0.4, -0.2) is 48.3 Å². The Bertz CT molecular complexity index is 284. The maximum absolute atomic E-state index is 11.0. The third-order valence-electron chi connectivity index (χ3n) is 2.77. The molecule has 6 heteroatoms. The SMILES string of the molecule is CC(C)(CNC(=O)CO)CC(C)(C)CNC(=O)CO. The van der Waals surface area contributed by atoms with Crippen LogP contribution in [0, 0.1) is 10.8 Å². The van der Waals surface area contributed by atoms with Crippen LogP contribution in [0.3, 0.4) is 0 Å². The van der Waals surface area contributed by atoms with Crippen LogP contribution in [0.5, 0.6) is 0 Å². The van der Waals surface area contributed by atoms with Gasteiger partial charge in [-0.3, -0.25) is 9.59 Å². The highest BCUT2D eigenvalue weighted by Gasteiger charge is 2.29. The van der Waals surface area contributed by atoms with E-state index in [2.05, 4.69) is 10.6 Å². The number of amides is 2. The van der Waals surface area contributed by atoms with Gasteiger partial charge in [0.25, 0.3) is 0 Å². The summed E-state index contributed by atoms with van der Waals surface area (Å²) < 4.78 is 0. The Hall–Kier alpha value is -1.14. The Labute approximate surface area is 114 Å². The number of carbonyl (C=O) groups excluding carboxylic acids is 2. The Kier molecular flexibility index (Phi) is 7.00. The lowest BCUT2D eigenvalue weighted by atomic mass is 9.75. The summed E-state index contributed by atoms with van der Waals surface area (Å²) in [4.78, 5) is 22.1. The summed E-state index contributed by atoms with van der Waals surface area (Å²) >= 11 is 0. The maximum atomic E-state index is 11.0. The molecular weight excluding hydrogens is 248 g/mol. The lowest BCUT2D eigenvalue weighted by Crippen LogP contribution is -2.41. The molecule has 112 valence electrons. The van der Waals surface area contributed by atoms with E-state index in [0.29, 0.717) is 13.1 Å². The first kappa shape index (κ1) is 17.9. The highest BCUT2D eigenvalue weighted by atomic mass is 16.3. The topological polar surface area (TPSA) is 98.7 Å². The first-order valence-electron chi connectivity index (χ1n) is 6.37. The number of rotatable bonds is 8. The monoisotopic (exact) mass is 274 g/mol. The van der Waals surface area contributed by atoms with Crippen LogP contribution >= 0.6 is 0 Å². The molecule has 0 unspecified atom stereocenters. The molecule has 4 N–H and O–H groups in total. The van der Waals surface area contributed by atoms with Gasteiger partial charge in [0.2, 0.25) is 11.8 Å². The van der Waals surface area contributed by atoms with E-state index in [9.17, 15) is 9.59 Å². The van der Waals surface area contributed by atoms with E-state index in [1.807, 2.05) is 27.7 Å². The molecule has 0 aliphatic rings. The third-order valence-corrected chi connectivity index (χ3v) is 2.77. The van der Waals surface area contributed by atoms with Crippen molar-refractivity contribution in [3.8, 4) is 0 Å². The third kappa shape index (κ3) is 8.56. The molecule has 0 aromatic heterocycles. The van der Waals surface area contributed by atoms with E-state index in [1.54, 1.807) is 0 Å². The van der Waals surface area contributed by atoms with Crippen LogP contribution in [-0.2, 0) is 9.59 Å². The minimum absolute atomic E-state index is 0.154. The summed E-state index contributed by atoms with van der Waals surface area (Å²) in [6.45, 7) is 7.96. The fourth-order valence-corrected chi connectivity index (χ4v) is 2.21. The van der Waals surface area contributed by atoms with Crippen molar-refractivity contribution in [2.75, 3.05) is 26.3 Å². The van der Waals surface area contributed by atoms with Crippen LogP contribution in [0.15, 0.2) is 0 Å². The molecule has 0 aromatic carbocycles. The molecule has 0 aromatic rings. The van der Waals surface area contributed by atoms with Gasteiger partial charge in [-0.2, -0.15) is 0 Å². The molecular formula is C13H26N2O4. The fourth-order valence-electron chi connectivity index (χ4n) is 2.21. The maximum Gasteiger partial charge on any atom is 0.245 e. The average molecular weight is 274 g/mol. The first-order valence-corrected chi connectivity index (χ1v) is 6.37. The zero-order valence-electron chi connectivity index (χ0n) is 12.2. The van der Waals surface area contributed by atoms with Crippen molar-refractivity contribution in [3.05, 3.63) is 0 Å². The van der Waals surface area contributed by atoms with E-state index >= 15 is 0 Å². The van der Waals surface area contributed by atoms with Gasteiger partial charge in [0.05, 0.1) is 0 Å². The Morgan fingerprint density at radius 2 is 1.16 bits per heavy atom. The van der Waals surface area contributed by atoms with Gasteiger partial charge in [-0.1, -0.05) is 27.7 Å². The van der Waals surface area contributed by atoms with Gasteiger partial charge in [0, 0.05) is 13.1 Å². The van der Waals surface area contributed by atoms with Gasteiger partial charge < -0.3 is 20.8 Å². The minimum atomic E-state index is -0.508. The van der Waals surface area contributed by atoms with E-state index in [-0.39, 0.29) is 22.6 Å². The van der Waals surface area contributed by atoms with Crippen molar-refractivity contribution >= 4 is 11.8 Å². The van der Waals surface area contributed by atoms with Gasteiger partial charge in [-0.15, -0.1) is 0 Å². The molecule has 0 bridgehead atoms. The van der Waals surface area contributed by atoms with E-state index in [0.717, 1.165) is 6.42 Å². The molecule has 0 heterocycles. The number of hydrogen-bond donors (Lipinski definition) is 4. The second-order valence-corrected chi connectivity index (χ2v) is 6.37. The second kappa shape index (κ2) is 7.45. The number of hydrogen-bond acceptors (Lipinski definition) is 4. The van der Waals surface area contributed by atoms with E-state index < -0.39 is 13.2 Å². The van der Waals surface area contributed by atoms with E-state index in [4.69, 9.17) is 10.2 Å². The molecule has 2 amide bonds. The van der Waals surface area contributed by atoms with Gasteiger partial charge in [0.15, 0.2) is 0 Å². The summed E-state index contributed by atoms with van der Waals surface area (Å²) in [6, 6.07) is 0. The zero-order chi connectivity index (χ0) is 15.1. The highest BCUT2D eigenvalue weighted by Crippen LogP contribution is 2.32. The molecule has 0 fully saturated rings. The van der Waals surface area contributed by atoms with Crippen molar-refractivity contribution in [1.29, 1.82) is 0 Å². The molecule has 0 radical (unpaired) electrons. The summed E-state index contributed by atoms with van der Waals surface area (Å²) in [5.41, 5.74) is -0.309. The van der Waals surface area contributed by atoms with Crippen LogP contribution in [0.2, 0.25) is 0 Å². The lowest BCUT2D eigenvalue weighted by molar-refractivity contribution is -0.124. The summed E-state index contributed by atoms with van der Waals surface area (Å²) in [5, 5.41) is 22.6. The summed E-state index contributed by atoms with van der Waals surface area (Å²) in [5.74, 6) is -0.779. The Morgan fingerprint density at radius 3 is 1.42 bits per heavy atom. The lowest BCUT2D eigenvalue weighted by Gasteiger charge is -2.35. The molecule has 0 saturated heterocycles. The molecule has 0 aliphatic carbocycles. The Morgan fingerprint density at radius 1 is 0.842 bits per heavy atom. The second-order valence-electron chi connectivity index (χ2n) is 6.37. The van der Waals surface area contributed by atoms with Crippen molar-refractivity contribution in [1.82, 2.24) is 10.6 Å². The van der Waals surface area contributed by atoms with Gasteiger partial charge in [0.1, 0.15) is 13.2 Å².